The summed E-state index contributed by atoms with van der Waals surface area (Å²) in [7, 11) is 0. The highest BCUT2D eigenvalue weighted by Crippen LogP contribution is 2.50. The smallest absolute Gasteiger partial charge is 0.212 e. The van der Waals surface area contributed by atoms with Crippen molar-refractivity contribution in [2.75, 3.05) is 13.2 Å². The highest BCUT2D eigenvalue weighted by atomic mass is 32.5. The van der Waals surface area contributed by atoms with Crippen LogP contribution < -0.4 is 0 Å². The minimum Gasteiger partial charge on any atom is -0.327 e. The lowest BCUT2D eigenvalue weighted by atomic mass is 10.4. The SMILES string of the molecule is CCOP(=S)(C=C(C)C)OCC. The molecule has 0 saturated carbocycles. The fourth-order valence-electron chi connectivity index (χ4n) is 0.788. The van der Waals surface area contributed by atoms with Crippen LogP contribution in [0.15, 0.2) is 11.4 Å². The molecule has 0 rings (SSSR count). The van der Waals surface area contributed by atoms with Gasteiger partial charge in [-0.2, -0.15) is 0 Å². The molecule has 0 aliphatic carbocycles. The van der Waals surface area contributed by atoms with E-state index in [1.165, 1.54) is 0 Å². The Balaban J connectivity index is 4.40. The Morgan fingerprint density at radius 2 is 1.67 bits per heavy atom. The first-order chi connectivity index (χ1) is 5.54. The predicted octanol–water partition coefficient (Wildman–Crippen LogP) is 3.29. The molecule has 0 radical (unpaired) electrons. The number of rotatable bonds is 5. The zero-order chi connectivity index (χ0) is 9.61. The second kappa shape index (κ2) is 5.87. The van der Waals surface area contributed by atoms with Crippen LogP contribution in [0.3, 0.4) is 0 Å². The summed E-state index contributed by atoms with van der Waals surface area (Å²) in [6.07, 6.45) is 0. The monoisotopic (exact) mass is 208 g/mol. The molecule has 2 nitrogen and oxygen atoms in total. The molecule has 12 heavy (non-hydrogen) atoms. The van der Waals surface area contributed by atoms with Gasteiger partial charge in [0.1, 0.15) is 0 Å². The predicted molar refractivity (Wildman–Crippen MR) is 57.0 cm³/mol. The lowest BCUT2D eigenvalue weighted by Crippen LogP contribution is -1.92. The quantitative estimate of drug-likeness (QED) is 0.646. The number of hydrogen-bond acceptors (Lipinski definition) is 3. The molecule has 0 aliphatic rings. The Kier molecular flexibility index (Phi) is 6.02. The minimum absolute atomic E-state index is 0.612. The van der Waals surface area contributed by atoms with Gasteiger partial charge in [-0.15, -0.1) is 0 Å². The molecule has 0 aromatic heterocycles. The van der Waals surface area contributed by atoms with Crippen molar-refractivity contribution in [1.29, 1.82) is 0 Å². The summed E-state index contributed by atoms with van der Waals surface area (Å²) >= 11 is 5.27. The molecular formula is C8H17O2PS. The fraction of sp³-hybridized carbons (Fsp3) is 0.750. The van der Waals surface area contributed by atoms with Crippen molar-refractivity contribution in [3.63, 3.8) is 0 Å². The molecule has 0 aliphatic heterocycles. The third-order valence-corrected chi connectivity index (χ3v) is 4.05. The highest BCUT2D eigenvalue weighted by molar-refractivity contribution is 8.11. The summed E-state index contributed by atoms with van der Waals surface area (Å²) in [6.45, 7) is 6.98. The van der Waals surface area contributed by atoms with Crippen molar-refractivity contribution in [3.8, 4) is 0 Å². The van der Waals surface area contributed by atoms with Crippen LogP contribution in [-0.2, 0) is 20.9 Å². The Labute approximate surface area is 80.1 Å². The first kappa shape index (κ1) is 12.3. The molecule has 0 atom stereocenters. The molecule has 0 bridgehead atoms. The van der Waals surface area contributed by atoms with Crippen molar-refractivity contribution in [2.24, 2.45) is 0 Å². The fourth-order valence-corrected chi connectivity index (χ4v) is 3.63. The molecule has 0 amide bonds. The second-order valence-electron chi connectivity index (χ2n) is 2.58. The lowest BCUT2D eigenvalue weighted by molar-refractivity contribution is 0.274. The van der Waals surface area contributed by atoms with Gasteiger partial charge >= 0.3 is 0 Å². The molecular weight excluding hydrogens is 191 g/mol. The summed E-state index contributed by atoms with van der Waals surface area (Å²) in [4.78, 5) is 0. The Bertz CT molecular complexity index is 187. The van der Waals surface area contributed by atoms with Crippen molar-refractivity contribution in [2.45, 2.75) is 27.7 Å². The molecule has 0 N–H and O–H groups in total. The van der Waals surface area contributed by atoms with Gasteiger partial charge in [-0.25, -0.2) is 0 Å². The van der Waals surface area contributed by atoms with Gasteiger partial charge in [-0.05, 0) is 45.3 Å². The number of allylic oxidation sites excluding steroid dienone is 1. The first-order valence-electron chi connectivity index (χ1n) is 4.09. The maximum atomic E-state index is 5.41. The molecule has 0 fully saturated rings. The van der Waals surface area contributed by atoms with Crippen LogP contribution in [0.2, 0.25) is 0 Å². The molecule has 0 aromatic carbocycles. The Hall–Kier alpha value is 0.310. The van der Waals surface area contributed by atoms with E-state index in [4.69, 9.17) is 20.9 Å². The van der Waals surface area contributed by atoms with E-state index < -0.39 is 6.49 Å². The normalized spacial score (nSPS) is 11.3. The zero-order valence-electron chi connectivity index (χ0n) is 8.16. The van der Waals surface area contributed by atoms with Gasteiger partial charge in [0, 0.05) is 0 Å². The molecule has 0 unspecified atom stereocenters. The van der Waals surface area contributed by atoms with Crippen LogP contribution in [0.25, 0.3) is 0 Å². The van der Waals surface area contributed by atoms with Crippen LogP contribution in [0.4, 0.5) is 0 Å². The average Bonchev–Trinajstić information content (AvgIpc) is 1.85. The molecule has 72 valence electrons. The molecule has 0 heterocycles. The zero-order valence-corrected chi connectivity index (χ0v) is 9.87. The van der Waals surface area contributed by atoms with E-state index in [9.17, 15) is 0 Å². The van der Waals surface area contributed by atoms with Crippen LogP contribution in [0.1, 0.15) is 27.7 Å². The van der Waals surface area contributed by atoms with Crippen molar-refractivity contribution < 1.29 is 9.05 Å². The van der Waals surface area contributed by atoms with Crippen LogP contribution in [-0.4, -0.2) is 13.2 Å². The van der Waals surface area contributed by atoms with E-state index >= 15 is 0 Å². The maximum absolute atomic E-state index is 5.41. The standard InChI is InChI=1S/C8H17O2PS/c1-5-9-11(12,10-6-2)7-8(3)4/h7H,5-6H2,1-4H3. The van der Waals surface area contributed by atoms with Crippen LogP contribution >= 0.6 is 6.49 Å². The largest absolute Gasteiger partial charge is 0.327 e. The van der Waals surface area contributed by atoms with Gasteiger partial charge in [0.25, 0.3) is 0 Å². The van der Waals surface area contributed by atoms with E-state index in [0.29, 0.717) is 13.2 Å². The lowest BCUT2D eigenvalue weighted by Gasteiger charge is -2.17. The molecule has 4 heteroatoms. The minimum atomic E-state index is -2.10. The molecule has 0 saturated heterocycles. The third-order valence-electron chi connectivity index (χ3n) is 1.03. The van der Waals surface area contributed by atoms with Gasteiger partial charge in [0.05, 0.1) is 13.2 Å². The summed E-state index contributed by atoms with van der Waals surface area (Å²) in [5.74, 6) is 1.93. The van der Waals surface area contributed by atoms with Crippen molar-refractivity contribution in [1.82, 2.24) is 0 Å². The van der Waals surface area contributed by atoms with Crippen LogP contribution in [0, 0.1) is 0 Å². The van der Waals surface area contributed by atoms with Gasteiger partial charge in [-0.3, -0.25) is 0 Å². The van der Waals surface area contributed by atoms with Crippen molar-refractivity contribution >= 4 is 18.3 Å². The van der Waals surface area contributed by atoms with E-state index in [2.05, 4.69) is 0 Å². The highest BCUT2D eigenvalue weighted by Gasteiger charge is 2.13. The van der Waals surface area contributed by atoms with Gasteiger partial charge < -0.3 is 9.05 Å². The summed E-state index contributed by atoms with van der Waals surface area (Å²) < 4.78 is 10.8. The van der Waals surface area contributed by atoms with E-state index in [0.717, 1.165) is 5.57 Å². The maximum Gasteiger partial charge on any atom is 0.212 e. The summed E-state index contributed by atoms with van der Waals surface area (Å²) in [6, 6.07) is 0. The van der Waals surface area contributed by atoms with E-state index in [-0.39, 0.29) is 0 Å². The van der Waals surface area contributed by atoms with Crippen LogP contribution in [0.5, 0.6) is 0 Å². The topological polar surface area (TPSA) is 18.5 Å². The number of hydrogen-bond donors (Lipinski definition) is 0. The molecule has 0 spiro atoms. The van der Waals surface area contributed by atoms with Gasteiger partial charge in [-0.1, -0.05) is 5.57 Å². The summed E-state index contributed by atoms with van der Waals surface area (Å²) in [5, 5.41) is 0. The van der Waals surface area contributed by atoms with Crippen molar-refractivity contribution in [3.05, 3.63) is 11.4 Å². The van der Waals surface area contributed by atoms with Gasteiger partial charge in [0.15, 0.2) is 0 Å². The Morgan fingerprint density at radius 1 is 1.25 bits per heavy atom. The first-order valence-corrected chi connectivity index (χ1v) is 6.79. The van der Waals surface area contributed by atoms with Gasteiger partial charge in [0.2, 0.25) is 6.49 Å². The van der Waals surface area contributed by atoms with E-state index in [1.807, 2.05) is 33.5 Å². The average molecular weight is 208 g/mol. The Morgan fingerprint density at radius 3 is 1.92 bits per heavy atom. The summed E-state index contributed by atoms with van der Waals surface area (Å²) in [5.41, 5.74) is 1.15. The third kappa shape index (κ3) is 5.04. The van der Waals surface area contributed by atoms with E-state index in [1.54, 1.807) is 0 Å². The molecule has 0 aromatic rings. The second-order valence-corrected chi connectivity index (χ2v) is 5.96.